The molecule has 106 valence electrons. The largest absolute Gasteiger partial charge is 0.481 e. The fourth-order valence-electron chi connectivity index (χ4n) is 3.67. The molecule has 0 aromatic carbocycles. The lowest BCUT2D eigenvalue weighted by atomic mass is 9.72. The molecule has 0 bridgehead atoms. The van der Waals surface area contributed by atoms with Gasteiger partial charge in [-0.05, 0) is 25.7 Å². The Kier molecular flexibility index (Phi) is 3.48. The van der Waals surface area contributed by atoms with Crippen LogP contribution in [0, 0.1) is 11.8 Å². The first kappa shape index (κ1) is 12.9. The summed E-state index contributed by atoms with van der Waals surface area (Å²) in [6.07, 6.45) is 5.89. The van der Waals surface area contributed by atoms with Gasteiger partial charge in [0.2, 0.25) is 5.91 Å². The third-order valence-corrected chi connectivity index (χ3v) is 4.92. The van der Waals surface area contributed by atoms with E-state index in [-0.39, 0.29) is 24.0 Å². The second-order valence-corrected chi connectivity index (χ2v) is 5.92. The maximum Gasteiger partial charge on any atom is 0.307 e. The average Bonchev–Trinajstić information content (AvgIpc) is 2.36. The zero-order valence-electron chi connectivity index (χ0n) is 11.1. The summed E-state index contributed by atoms with van der Waals surface area (Å²) in [7, 11) is 0. The second-order valence-electron chi connectivity index (χ2n) is 5.92. The van der Waals surface area contributed by atoms with Crippen molar-refractivity contribution in [3.63, 3.8) is 0 Å². The fraction of sp³-hybridized carbons (Fsp3) is 0.857. The molecule has 1 heterocycles. The minimum absolute atomic E-state index is 0.0545. The van der Waals surface area contributed by atoms with Crippen LogP contribution in [0.4, 0.5) is 0 Å². The Morgan fingerprint density at radius 3 is 2.47 bits per heavy atom. The lowest BCUT2D eigenvalue weighted by molar-refractivity contribution is -0.166. The molecule has 5 nitrogen and oxygen atoms in total. The number of carbonyl (C=O) groups is 2. The Bertz CT molecular complexity index is 382. The van der Waals surface area contributed by atoms with E-state index in [2.05, 4.69) is 0 Å². The van der Waals surface area contributed by atoms with Gasteiger partial charge in [-0.25, -0.2) is 0 Å². The number of hydrogen-bond donors (Lipinski definition) is 1. The maximum absolute atomic E-state index is 12.6. The molecule has 0 radical (unpaired) electrons. The summed E-state index contributed by atoms with van der Waals surface area (Å²) >= 11 is 0. The van der Waals surface area contributed by atoms with Gasteiger partial charge in [-0.1, -0.05) is 12.8 Å². The summed E-state index contributed by atoms with van der Waals surface area (Å²) in [6, 6.07) is 0.185. The molecule has 5 heteroatoms. The highest BCUT2D eigenvalue weighted by Crippen LogP contribution is 2.38. The van der Waals surface area contributed by atoms with Gasteiger partial charge < -0.3 is 14.7 Å². The molecule has 0 aromatic rings. The predicted molar refractivity (Wildman–Crippen MR) is 67.6 cm³/mol. The van der Waals surface area contributed by atoms with Crippen molar-refractivity contribution in [3.05, 3.63) is 0 Å². The Morgan fingerprint density at radius 2 is 1.79 bits per heavy atom. The third-order valence-electron chi connectivity index (χ3n) is 4.92. The molecule has 1 amide bonds. The molecule has 1 saturated heterocycles. The summed E-state index contributed by atoms with van der Waals surface area (Å²) in [6.45, 7) is 1.22. The first-order valence-electron chi connectivity index (χ1n) is 7.33. The van der Waals surface area contributed by atoms with Crippen LogP contribution < -0.4 is 0 Å². The number of fused-ring (bicyclic) bond motifs is 1. The molecule has 19 heavy (non-hydrogen) atoms. The molecule has 0 spiro atoms. The molecule has 1 aliphatic heterocycles. The monoisotopic (exact) mass is 267 g/mol. The van der Waals surface area contributed by atoms with Crippen LogP contribution in [0.5, 0.6) is 0 Å². The quantitative estimate of drug-likeness (QED) is 0.818. The Labute approximate surface area is 112 Å². The summed E-state index contributed by atoms with van der Waals surface area (Å²) in [4.78, 5) is 25.5. The van der Waals surface area contributed by atoms with Crippen LogP contribution in [0.2, 0.25) is 0 Å². The lowest BCUT2D eigenvalue weighted by Gasteiger charge is -2.46. The van der Waals surface area contributed by atoms with E-state index in [1.54, 1.807) is 0 Å². The fourth-order valence-corrected chi connectivity index (χ4v) is 3.67. The van der Waals surface area contributed by atoms with E-state index in [9.17, 15) is 9.59 Å². The Morgan fingerprint density at radius 1 is 1.05 bits per heavy atom. The first-order chi connectivity index (χ1) is 9.18. The van der Waals surface area contributed by atoms with Crippen LogP contribution in [0.1, 0.15) is 38.5 Å². The molecule has 3 aliphatic rings. The lowest BCUT2D eigenvalue weighted by Crippen LogP contribution is -2.58. The van der Waals surface area contributed by atoms with Crippen molar-refractivity contribution in [2.24, 2.45) is 11.8 Å². The van der Waals surface area contributed by atoms with Crippen molar-refractivity contribution in [2.75, 3.05) is 13.2 Å². The van der Waals surface area contributed by atoms with E-state index in [0.717, 1.165) is 25.7 Å². The van der Waals surface area contributed by atoms with Gasteiger partial charge in [0.25, 0.3) is 0 Å². The highest BCUT2D eigenvalue weighted by atomic mass is 16.5. The number of carboxylic acid groups (broad SMARTS) is 1. The van der Waals surface area contributed by atoms with Gasteiger partial charge in [-0.15, -0.1) is 0 Å². The van der Waals surface area contributed by atoms with Gasteiger partial charge in [0, 0.05) is 6.54 Å². The van der Waals surface area contributed by atoms with Crippen LogP contribution >= 0.6 is 0 Å². The normalized spacial score (nSPS) is 38.2. The van der Waals surface area contributed by atoms with Gasteiger partial charge >= 0.3 is 5.97 Å². The summed E-state index contributed by atoms with van der Waals surface area (Å²) in [5.41, 5.74) is 0. The molecule has 0 aromatic heterocycles. The van der Waals surface area contributed by atoms with E-state index in [4.69, 9.17) is 9.84 Å². The van der Waals surface area contributed by atoms with Gasteiger partial charge in [0.05, 0.1) is 30.6 Å². The summed E-state index contributed by atoms with van der Waals surface area (Å²) < 4.78 is 5.76. The zero-order valence-corrected chi connectivity index (χ0v) is 11.1. The smallest absolute Gasteiger partial charge is 0.307 e. The number of amides is 1. The first-order valence-corrected chi connectivity index (χ1v) is 7.33. The molecule has 2 saturated carbocycles. The molecule has 3 fully saturated rings. The summed E-state index contributed by atoms with van der Waals surface area (Å²) in [5, 5.41) is 9.09. The molecule has 4 atom stereocenters. The van der Waals surface area contributed by atoms with Crippen molar-refractivity contribution in [1.82, 2.24) is 4.90 Å². The molecule has 4 unspecified atom stereocenters. The molecule has 1 N–H and O–H groups in total. The molecule has 2 aliphatic carbocycles. The van der Waals surface area contributed by atoms with Crippen molar-refractivity contribution < 1.29 is 19.4 Å². The van der Waals surface area contributed by atoms with Gasteiger partial charge in [0.1, 0.15) is 0 Å². The van der Waals surface area contributed by atoms with Crippen molar-refractivity contribution in [1.29, 1.82) is 0 Å². The topological polar surface area (TPSA) is 66.8 Å². The molecular formula is C14H21NO4. The SMILES string of the molecule is O=C(O)C1CCC1C(=O)N1CCOC2CCCCC21. The van der Waals surface area contributed by atoms with Crippen LogP contribution in [0.25, 0.3) is 0 Å². The number of morpholine rings is 1. The minimum Gasteiger partial charge on any atom is -0.481 e. The van der Waals surface area contributed by atoms with Gasteiger partial charge in [-0.2, -0.15) is 0 Å². The van der Waals surface area contributed by atoms with E-state index in [1.165, 1.54) is 6.42 Å². The third kappa shape index (κ3) is 2.24. The van der Waals surface area contributed by atoms with Crippen molar-refractivity contribution in [2.45, 2.75) is 50.7 Å². The number of nitrogens with zero attached hydrogens (tertiary/aromatic N) is 1. The zero-order chi connectivity index (χ0) is 13.4. The average molecular weight is 267 g/mol. The molecule has 3 rings (SSSR count). The molecular weight excluding hydrogens is 246 g/mol. The highest BCUT2D eigenvalue weighted by Gasteiger charge is 2.46. The van der Waals surface area contributed by atoms with E-state index >= 15 is 0 Å². The van der Waals surface area contributed by atoms with Gasteiger partial charge in [-0.3, -0.25) is 9.59 Å². The van der Waals surface area contributed by atoms with Crippen LogP contribution in [0.15, 0.2) is 0 Å². The van der Waals surface area contributed by atoms with Crippen LogP contribution in [-0.2, 0) is 14.3 Å². The number of carboxylic acids is 1. The number of aliphatic carboxylic acids is 1. The summed E-state index contributed by atoms with van der Waals surface area (Å²) in [5.74, 6) is -1.52. The number of rotatable bonds is 2. The standard InChI is InChI=1S/C14H21NO4/c16-13(9-5-6-10(9)14(17)18)15-7-8-19-12-4-2-1-3-11(12)15/h9-12H,1-8H2,(H,17,18). The number of hydrogen-bond acceptors (Lipinski definition) is 3. The Balaban J connectivity index is 1.70. The van der Waals surface area contributed by atoms with Crippen molar-refractivity contribution >= 4 is 11.9 Å². The maximum atomic E-state index is 12.6. The van der Waals surface area contributed by atoms with E-state index in [0.29, 0.717) is 19.6 Å². The van der Waals surface area contributed by atoms with E-state index < -0.39 is 11.9 Å². The van der Waals surface area contributed by atoms with Crippen molar-refractivity contribution in [3.8, 4) is 0 Å². The Hall–Kier alpha value is -1.10. The number of carbonyl (C=O) groups excluding carboxylic acids is 1. The van der Waals surface area contributed by atoms with Crippen LogP contribution in [0.3, 0.4) is 0 Å². The van der Waals surface area contributed by atoms with Crippen LogP contribution in [-0.4, -0.2) is 47.2 Å². The van der Waals surface area contributed by atoms with Gasteiger partial charge in [0.15, 0.2) is 0 Å². The predicted octanol–water partition coefficient (Wildman–Crippen LogP) is 1.27. The highest BCUT2D eigenvalue weighted by molar-refractivity contribution is 5.86. The number of ether oxygens (including phenoxy) is 1. The minimum atomic E-state index is -0.821. The second kappa shape index (κ2) is 5.12. The van der Waals surface area contributed by atoms with E-state index in [1.807, 2.05) is 4.90 Å².